The fourth-order valence-electron chi connectivity index (χ4n) is 2.38. The maximum absolute atomic E-state index is 11.9. The second kappa shape index (κ2) is 10.7. The first-order valence-corrected chi connectivity index (χ1v) is 10.9. The van der Waals surface area contributed by atoms with Gasteiger partial charge in [-0.1, -0.05) is 34.8 Å². The monoisotopic (exact) mass is 483 g/mol. The van der Waals surface area contributed by atoms with Gasteiger partial charge >= 0.3 is 0 Å². The number of hydrogen-bond donors (Lipinski definition) is 2. The average Bonchev–Trinajstić information content (AvgIpc) is 3.19. The number of oxazole rings is 1. The molecule has 2 aromatic carbocycles. The zero-order valence-corrected chi connectivity index (χ0v) is 18.5. The summed E-state index contributed by atoms with van der Waals surface area (Å²) in [6.07, 6.45) is 1.91. The molecule has 0 aliphatic rings. The lowest BCUT2D eigenvalue weighted by Gasteiger charge is -2.07. The van der Waals surface area contributed by atoms with E-state index in [1.165, 1.54) is 18.0 Å². The number of hydrogen-bond acceptors (Lipinski definition) is 5. The molecule has 2 amide bonds. The largest absolute Gasteiger partial charge is 0.441 e. The number of nitrogens with one attached hydrogen (secondary N) is 2. The third-order valence-electron chi connectivity index (χ3n) is 3.84. The third kappa shape index (κ3) is 6.67. The van der Waals surface area contributed by atoms with Crippen LogP contribution in [0.3, 0.4) is 0 Å². The van der Waals surface area contributed by atoms with Gasteiger partial charge in [0.2, 0.25) is 11.8 Å². The van der Waals surface area contributed by atoms with E-state index in [1.807, 2.05) is 12.1 Å². The van der Waals surface area contributed by atoms with Gasteiger partial charge in [0, 0.05) is 33.3 Å². The minimum absolute atomic E-state index is 0.0961. The molecule has 156 valence electrons. The Morgan fingerprint density at radius 3 is 2.40 bits per heavy atom. The Kier molecular flexibility index (Phi) is 8.04. The molecule has 1 aromatic heterocycles. The number of amides is 2. The normalized spacial score (nSPS) is 10.6. The van der Waals surface area contributed by atoms with Gasteiger partial charge in [0.15, 0.2) is 11.7 Å². The summed E-state index contributed by atoms with van der Waals surface area (Å²) in [7, 11) is 0. The van der Waals surface area contributed by atoms with E-state index in [2.05, 4.69) is 15.8 Å². The zero-order chi connectivity index (χ0) is 21.5. The van der Waals surface area contributed by atoms with Gasteiger partial charge in [-0.25, -0.2) is 4.98 Å². The van der Waals surface area contributed by atoms with E-state index < -0.39 is 0 Å². The molecular weight excluding hydrogens is 469 g/mol. The summed E-state index contributed by atoms with van der Waals surface area (Å²) in [5, 5.41) is 1.60. The predicted molar refractivity (Wildman–Crippen MR) is 119 cm³/mol. The van der Waals surface area contributed by atoms with Gasteiger partial charge in [0.05, 0.1) is 17.0 Å². The highest BCUT2D eigenvalue weighted by molar-refractivity contribution is 8.00. The SMILES string of the molecule is O=C(CCc1ncc(-c2ccc(Cl)cc2Cl)o1)NNC(=O)CSc1ccc(Cl)cc1. The first-order chi connectivity index (χ1) is 14.4. The highest BCUT2D eigenvalue weighted by Crippen LogP contribution is 2.30. The Labute approximate surface area is 192 Å². The quantitative estimate of drug-likeness (QED) is 0.357. The Morgan fingerprint density at radius 1 is 0.967 bits per heavy atom. The van der Waals surface area contributed by atoms with E-state index in [9.17, 15) is 9.59 Å². The van der Waals surface area contributed by atoms with E-state index in [0.717, 1.165) is 4.90 Å². The van der Waals surface area contributed by atoms with Crippen molar-refractivity contribution in [1.82, 2.24) is 15.8 Å². The lowest BCUT2D eigenvalue weighted by atomic mass is 10.2. The van der Waals surface area contributed by atoms with Gasteiger partial charge in [-0.15, -0.1) is 11.8 Å². The summed E-state index contributed by atoms with van der Waals surface area (Å²) in [6, 6.07) is 12.2. The Bertz CT molecular complexity index is 1040. The van der Waals surface area contributed by atoms with Crippen LogP contribution in [0.5, 0.6) is 0 Å². The smallest absolute Gasteiger partial charge is 0.248 e. The van der Waals surface area contributed by atoms with E-state index in [1.54, 1.807) is 30.3 Å². The van der Waals surface area contributed by atoms with Crippen molar-refractivity contribution in [1.29, 1.82) is 0 Å². The molecule has 0 fully saturated rings. The first-order valence-electron chi connectivity index (χ1n) is 8.77. The molecule has 6 nitrogen and oxygen atoms in total. The number of thioether (sulfide) groups is 1. The molecule has 0 saturated carbocycles. The van der Waals surface area contributed by atoms with E-state index in [-0.39, 0.29) is 30.4 Å². The highest BCUT2D eigenvalue weighted by atomic mass is 35.5. The summed E-state index contributed by atoms with van der Waals surface area (Å²) in [4.78, 5) is 28.9. The van der Waals surface area contributed by atoms with Crippen molar-refractivity contribution < 1.29 is 14.0 Å². The summed E-state index contributed by atoms with van der Waals surface area (Å²) >= 11 is 19.2. The lowest BCUT2D eigenvalue weighted by molar-refractivity contribution is -0.127. The molecule has 3 aromatic rings. The van der Waals surface area contributed by atoms with Crippen LogP contribution in [-0.4, -0.2) is 22.6 Å². The van der Waals surface area contributed by atoms with Crippen molar-refractivity contribution in [3.05, 3.63) is 69.6 Å². The van der Waals surface area contributed by atoms with Crippen LogP contribution >= 0.6 is 46.6 Å². The number of benzene rings is 2. The number of nitrogens with zero attached hydrogens (tertiary/aromatic N) is 1. The Balaban J connectivity index is 1.41. The van der Waals surface area contributed by atoms with Gasteiger partial charge in [0.25, 0.3) is 0 Å². The number of carbonyl (C=O) groups is 2. The molecule has 0 aliphatic carbocycles. The van der Waals surface area contributed by atoms with Crippen molar-refractivity contribution in [2.24, 2.45) is 0 Å². The van der Waals surface area contributed by atoms with Gasteiger partial charge in [-0.3, -0.25) is 20.4 Å². The van der Waals surface area contributed by atoms with Crippen LogP contribution in [0, 0.1) is 0 Å². The molecule has 2 N–H and O–H groups in total. The summed E-state index contributed by atoms with van der Waals surface area (Å²) in [5.74, 6) is 0.353. The molecule has 0 radical (unpaired) electrons. The van der Waals surface area contributed by atoms with Gasteiger partial charge < -0.3 is 4.42 Å². The van der Waals surface area contributed by atoms with Crippen LogP contribution in [0.1, 0.15) is 12.3 Å². The van der Waals surface area contributed by atoms with Crippen LogP contribution in [-0.2, 0) is 16.0 Å². The number of halogens is 3. The molecule has 3 rings (SSSR count). The second-order valence-electron chi connectivity index (χ2n) is 6.08. The molecule has 0 unspecified atom stereocenters. The van der Waals surface area contributed by atoms with Crippen LogP contribution < -0.4 is 10.9 Å². The molecule has 0 bridgehead atoms. The Morgan fingerprint density at radius 2 is 1.67 bits per heavy atom. The van der Waals surface area contributed by atoms with Crippen LogP contribution in [0.15, 0.2) is 58.0 Å². The highest BCUT2D eigenvalue weighted by Gasteiger charge is 2.12. The van der Waals surface area contributed by atoms with Gasteiger partial charge in [0.1, 0.15) is 0 Å². The summed E-state index contributed by atoms with van der Waals surface area (Å²) in [5.41, 5.74) is 5.41. The number of rotatable bonds is 7. The zero-order valence-electron chi connectivity index (χ0n) is 15.5. The van der Waals surface area contributed by atoms with Gasteiger partial charge in [-0.2, -0.15) is 0 Å². The topological polar surface area (TPSA) is 84.2 Å². The van der Waals surface area contributed by atoms with Crippen LogP contribution in [0.4, 0.5) is 0 Å². The number of aromatic nitrogens is 1. The molecule has 1 heterocycles. The molecular formula is C20H16Cl3N3O3S. The van der Waals surface area contributed by atoms with Crippen molar-refractivity contribution in [3.8, 4) is 11.3 Å². The maximum Gasteiger partial charge on any atom is 0.248 e. The minimum Gasteiger partial charge on any atom is -0.441 e. The lowest BCUT2D eigenvalue weighted by Crippen LogP contribution is -2.42. The summed E-state index contributed by atoms with van der Waals surface area (Å²) < 4.78 is 5.64. The molecule has 0 aliphatic heterocycles. The standard InChI is InChI=1S/C20H16Cl3N3O3S/c21-12-1-4-14(5-2-12)30-11-19(28)26-25-18(27)7-8-20-24-10-17(29-20)15-6-3-13(22)9-16(15)23/h1-6,9-10H,7-8,11H2,(H,25,27)(H,26,28). The van der Waals surface area contributed by atoms with E-state index in [4.69, 9.17) is 39.2 Å². The van der Waals surface area contributed by atoms with E-state index >= 15 is 0 Å². The van der Waals surface area contributed by atoms with Crippen molar-refractivity contribution >= 4 is 58.4 Å². The van der Waals surface area contributed by atoms with Gasteiger partial charge in [-0.05, 0) is 42.5 Å². The summed E-state index contributed by atoms with van der Waals surface area (Å²) in [6.45, 7) is 0. The second-order valence-corrected chi connectivity index (χ2v) is 8.41. The first kappa shape index (κ1) is 22.5. The average molecular weight is 485 g/mol. The van der Waals surface area contributed by atoms with E-state index in [0.29, 0.717) is 32.3 Å². The maximum atomic E-state index is 11.9. The number of hydrazine groups is 1. The number of carbonyl (C=O) groups excluding carboxylic acids is 2. The molecule has 0 atom stereocenters. The van der Waals surface area contributed by atoms with Crippen LogP contribution in [0.25, 0.3) is 11.3 Å². The molecule has 0 spiro atoms. The predicted octanol–water partition coefficient (Wildman–Crippen LogP) is 5.17. The molecule has 30 heavy (non-hydrogen) atoms. The van der Waals surface area contributed by atoms with Crippen molar-refractivity contribution in [2.45, 2.75) is 17.7 Å². The molecule has 10 heteroatoms. The molecule has 0 saturated heterocycles. The van der Waals surface area contributed by atoms with Crippen LogP contribution in [0.2, 0.25) is 15.1 Å². The fraction of sp³-hybridized carbons (Fsp3) is 0.150. The fourth-order valence-corrected chi connectivity index (χ4v) is 3.70. The van der Waals surface area contributed by atoms with Crippen molar-refractivity contribution in [2.75, 3.05) is 5.75 Å². The van der Waals surface area contributed by atoms with Crippen molar-refractivity contribution in [3.63, 3.8) is 0 Å². The minimum atomic E-state index is -0.357. The Hall–Kier alpha value is -2.19. The third-order valence-corrected chi connectivity index (χ3v) is 5.65. The number of aryl methyl sites for hydroxylation is 1.